The van der Waals surface area contributed by atoms with E-state index in [4.69, 9.17) is 4.74 Å². The first-order valence-corrected chi connectivity index (χ1v) is 11.6. The highest BCUT2D eigenvalue weighted by molar-refractivity contribution is 5.98. The molecule has 2 heterocycles. The first-order chi connectivity index (χ1) is 15.6. The van der Waals surface area contributed by atoms with Crippen LogP contribution in [-0.2, 0) is 9.59 Å². The molecule has 0 aromatic heterocycles. The average molecular weight is 436 g/mol. The van der Waals surface area contributed by atoms with E-state index in [1.807, 2.05) is 65.6 Å². The van der Waals surface area contributed by atoms with Gasteiger partial charge in [0.15, 0.2) is 0 Å². The van der Waals surface area contributed by atoms with E-state index in [1.165, 1.54) is 0 Å². The van der Waals surface area contributed by atoms with E-state index >= 15 is 0 Å². The molecule has 2 aromatic carbocycles. The van der Waals surface area contributed by atoms with Crippen molar-refractivity contribution >= 4 is 17.5 Å². The first kappa shape index (κ1) is 22.3. The molecule has 2 aromatic rings. The van der Waals surface area contributed by atoms with Crippen molar-refractivity contribution in [3.05, 3.63) is 60.7 Å². The van der Waals surface area contributed by atoms with Gasteiger partial charge in [0, 0.05) is 45.3 Å². The summed E-state index contributed by atoms with van der Waals surface area (Å²) in [6.45, 7) is 4.16. The predicted octanol–water partition coefficient (Wildman–Crippen LogP) is 3.43. The fraction of sp³-hybridized carbons (Fsp3) is 0.462. The molecule has 2 aliphatic heterocycles. The Morgan fingerprint density at radius 3 is 2.31 bits per heavy atom. The van der Waals surface area contributed by atoms with Gasteiger partial charge in [-0.15, -0.1) is 0 Å². The monoisotopic (exact) mass is 435 g/mol. The molecule has 2 fully saturated rings. The summed E-state index contributed by atoms with van der Waals surface area (Å²) in [5, 5.41) is 0. The van der Waals surface area contributed by atoms with Crippen LogP contribution in [0.5, 0.6) is 5.75 Å². The van der Waals surface area contributed by atoms with Gasteiger partial charge in [-0.05, 0) is 50.1 Å². The summed E-state index contributed by atoms with van der Waals surface area (Å²) in [5.74, 6) is 0.804. The van der Waals surface area contributed by atoms with Gasteiger partial charge in [0.25, 0.3) is 0 Å². The lowest BCUT2D eigenvalue weighted by molar-refractivity contribution is -0.127. The summed E-state index contributed by atoms with van der Waals surface area (Å²) in [7, 11) is 1.77. The summed E-state index contributed by atoms with van der Waals surface area (Å²) in [6, 6.07) is 19.9. The van der Waals surface area contributed by atoms with Crippen LogP contribution < -0.4 is 9.64 Å². The Morgan fingerprint density at radius 2 is 1.69 bits per heavy atom. The topological polar surface area (TPSA) is 53.1 Å². The number of carbonyl (C=O) groups is 2. The van der Waals surface area contributed by atoms with Crippen molar-refractivity contribution in [2.24, 2.45) is 5.92 Å². The highest BCUT2D eigenvalue weighted by atomic mass is 16.5. The molecule has 4 rings (SSSR count). The molecule has 0 aliphatic carbocycles. The molecule has 1 unspecified atom stereocenters. The van der Waals surface area contributed by atoms with E-state index in [-0.39, 0.29) is 23.8 Å². The van der Waals surface area contributed by atoms with Crippen molar-refractivity contribution in [2.75, 3.05) is 44.7 Å². The molecule has 2 aliphatic rings. The summed E-state index contributed by atoms with van der Waals surface area (Å²) >= 11 is 0. The minimum atomic E-state index is -0.251. The van der Waals surface area contributed by atoms with E-state index in [0.717, 1.165) is 50.3 Å². The maximum absolute atomic E-state index is 13.3. The zero-order chi connectivity index (χ0) is 22.3. The van der Waals surface area contributed by atoms with Gasteiger partial charge in [-0.1, -0.05) is 36.4 Å². The number of nitrogens with zero attached hydrogens (tertiary/aromatic N) is 3. The average Bonchev–Trinajstić information content (AvgIpc) is 3.17. The number of anilines is 1. The second-order valence-electron chi connectivity index (χ2n) is 8.83. The number of ether oxygens (including phenoxy) is 1. The number of benzene rings is 2. The van der Waals surface area contributed by atoms with Crippen LogP contribution in [0.1, 0.15) is 25.7 Å². The van der Waals surface area contributed by atoms with Gasteiger partial charge >= 0.3 is 0 Å². The number of amides is 2. The van der Waals surface area contributed by atoms with Crippen LogP contribution in [0, 0.1) is 5.92 Å². The van der Waals surface area contributed by atoms with Gasteiger partial charge in [0.2, 0.25) is 11.8 Å². The minimum absolute atomic E-state index is 0.0527. The lowest BCUT2D eigenvalue weighted by Gasteiger charge is -2.33. The number of hydrogen-bond donors (Lipinski definition) is 0. The normalized spacial score (nSPS) is 19.8. The maximum Gasteiger partial charge on any atom is 0.232 e. The van der Waals surface area contributed by atoms with Crippen molar-refractivity contribution < 1.29 is 14.3 Å². The van der Waals surface area contributed by atoms with Crippen LogP contribution in [0.2, 0.25) is 0 Å². The van der Waals surface area contributed by atoms with E-state index in [2.05, 4.69) is 4.90 Å². The Hall–Kier alpha value is -2.86. The summed E-state index contributed by atoms with van der Waals surface area (Å²) in [5.41, 5.74) is 0.912. The van der Waals surface area contributed by atoms with E-state index in [1.54, 1.807) is 11.9 Å². The van der Waals surface area contributed by atoms with E-state index in [9.17, 15) is 9.59 Å². The second-order valence-corrected chi connectivity index (χ2v) is 8.83. The van der Waals surface area contributed by atoms with Crippen molar-refractivity contribution in [3.63, 3.8) is 0 Å². The Kier molecular flexibility index (Phi) is 7.43. The Labute approximate surface area is 190 Å². The standard InChI is InChI=1S/C26H33N3O3/c1-27-20-21(19-25(27)30)26(31)29(22-9-4-2-5-10-22)16-8-15-28-17-13-24(14-18-28)32-23-11-6-3-7-12-23/h2-7,9-12,21,24H,8,13-20H2,1H3. The molecule has 170 valence electrons. The van der Waals surface area contributed by atoms with Crippen molar-refractivity contribution in [2.45, 2.75) is 31.8 Å². The third-order valence-corrected chi connectivity index (χ3v) is 6.46. The molecule has 6 heteroatoms. The lowest BCUT2D eigenvalue weighted by Crippen LogP contribution is -2.41. The molecule has 0 bridgehead atoms. The molecule has 6 nitrogen and oxygen atoms in total. The number of hydrogen-bond acceptors (Lipinski definition) is 4. The van der Waals surface area contributed by atoms with Crippen LogP contribution in [0.3, 0.4) is 0 Å². The number of para-hydroxylation sites is 2. The van der Waals surface area contributed by atoms with Crippen LogP contribution in [0.15, 0.2) is 60.7 Å². The number of piperidine rings is 1. The smallest absolute Gasteiger partial charge is 0.232 e. The van der Waals surface area contributed by atoms with Crippen molar-refractivity contribution in [1.29, 1.82) is 0 Å². The van der Waals surface area contributed by atoms with Gasteiger partial charge in [-0.25, -0.2) is 0 Å². The summed E-state index contributed by atoms with van der Waals surface area (Å²) < 4.78 is 6.10. The molecule has 2 saturated heterocycles. The van der Waals surface area contributed by atoms with Crippen molar-refractivity contribution in [3.8, 4) is 5.75 Å². The second kappa shape index (κ2) is 10.6. The maximum atomic E-state index is 13.3. The molecule has 0 radical (unpaired) electrons. The van der Waals surface area contributed by atoms with E-state index in [0.29, 0.717) is 19.5 Å². The quantitative estimate of drug-likeness (QED) is 0.638. The molecule has 32 heavy (non-hydrogen) atoms. The third-order valence-electron chi connectivity index (χ3n) is 6.46. The fourth-order valence-electron chi connectivity index (χ4n) is 4.62. The van der Waals surface area contributed by atoms with Crippen LogP contribution in [0.4, 0.5) is 5.69 Å². The summed E-state index contributed by atoms with van der Waals surface area (Å²) in [6.07, 6.45) is 3.53. The minimum Gasteiger partial charge on any atom is -0.490 e. The first-order valence-electron chi connectivity index (χ1n) is 11.6. The predicted molar refractivity (Wildman–Crippen MR) is 126 cm³/mol. The molecule has 0 spiro atoms. The highest BCUT2D eigenvalue weighted by Crippen LogP contribution is 2.24. The van der Waals surface area contributed by atoms with Gasteiger partial charge in [0.1, 0.15) is 11.9 Å². The fourth-order valence-corrected chi connectivity index (χ4v) is 4.62. The van der Waals surface area contributed by atoms with Gasteiger partial charge in [-0.3, -0.25) is 9.59 Å². The van der Waals surface area contributed by atoms with E-state index < -0.39 is 0 Å². The number of carbonyl (C=O) groups excluding carboxylic acids is 2. The van der Waals surface area contributed by atoms with Gasteiger partial charge in [-0.2, -0.15) is 0 Å². The number of likely N-dealkylation sites (tertiary alicyclic amines) is 2. The Balaban J connectivity index is 1.27. The Morgan fingerprint density at radius 1 is 1.03 bits per heavy atom. The van der Waals surface area contributed by atoms with Crippen LogP contribution in [-0.4, -0.2) is 67.5 Å². The van der Waals surface area contributed by atoms with Gasteiger partial charge in [0.05, 0.1) is 5.92 Å². The third kappa shape index (κ3) is 5.68. The van der Waals surface area contributed by atoms with Crippen LogP contribution in [0.25, 0.3) is 0 Å². The zero-order valence-corrected chi connectivity index (χ0v) is 18.9. The number of rotatable bonds is 8. The highest BCUT2D eigenvalue weighted by Gasteiger charge is 2.35. The van der Waals surface area contributed by atoms with Crippen LogP contribution >= 0.6 is 0 Å². The molecule has 0 saturated carbocycles. The SMILES string of the molecule is CN1CC(C(=O)N(CCCN2CCC(Oc3ccccc3)CC2)c2ccccc2)CC1=O. The summed E-state index contributed by atoms with van der Waals surface area (Å²) in [4.78, 5) is 31.2. The largest absolute Gasteiger partial charge is 0.490 e. The molecule has 0 N–H and O–H groups in total. The lowest BCUT2D eigenvalue weighted by atomic mass is 10.1. The van der Waals surface area contributed by atoms with Crippen molar-refractivity contribution in [1.82, 2.24) is 9.80 Å². The van der Waals surface area contributed by atoms with Gasteiger partial charge < -0.3 is 19.4 Å². The zero-order valence-electron chi connectivity index (χ0n) is 18.9. The molecular weight excluding hydrogens is 402 g/mol. The molecule has 2 amide bonds. The molecule has 1 atom stereocenters. The molecular formula is C26H33N3O3. The Bertz CT molecular complexity index is 882.